The zero-order valence-corrected chi connectivity index (χ0v) is 8.82. The van der Waals surface area contributed by atoms with Crippen LogP contribution in [0.15, 0.2) is 0 Å². The highest BCUT2D eigenvalue weighted by Gasteiger charge is 2.23. The summed E-state index contributed by atoms with van der Waals surface area (Å²) in [5.74, 6) is -0.792. The van der Waals surface area contributed by atoms with E-state index in [4.69, 9.17) is 9.84 Å². The van der Waals surface area contributed by atoms with E-state index < -0.39 is 5.97 Å². The first kappa shape index (κ1) is 11.5. The molecule has 0 saturated carbocycles. The topological polar surface area (TPSA) is 58.6 Å². The molecule has 2 atom stereocenters. The van der Waals surface area contributed by atoms with Gasteiger partial charge in [0.15, 0.2) is 0 Å². The predicted octanol–water partition coefficient (Wildman–Crippen LogP) is 1.01. The maximum Gasteiger partial charge on any atom is 0.305 e. The third kappa shape index (κ3) is 4.07. The molecule has 14 heavy (non-hydrogen) atoms. The van der Waals surface area contributed by atoms with E-state index >= 15 is 0 Å². The quantitative estimate of drug-likeness (QED) is 0.712. The Morgan fingerprint density at radius 3 is 2.50 bits per heavy atom. The lowest BCUT2D eigenvalue weighted by atomic mass is 9.98. The molecule has 4 nitrogen and oxygen atoms in total. The summed E-state index contributed by atoms with van der Waals surface area (Å²) in [6, 6.07) is 0.933. The highest BCUT2D eigenvalue weighted by Crippen LogP contribution is 2.16. The van der Waals surface area contributed by atoms with Crippen molar-refractivity contribution < 1.29 is 14.6 Å². The summed E-state index contributed by atoms with van der Waals surface area (Å²) in [7, 11) is 0. The van der Waals surface area contributed by atoms with E-state index in [1.807, 2.05) is 0 Å². The summed E-state index contributed by atoms with van der Waals surface area (Å²) in [6.07, 6.45) is 2.28. The Bertz CT molecular complexity index is 186. The van der Waals surface area contributed by atoms with Gasteiger partial charge in [0.25, 0.3) is 0 Å². The van der Waals surface area contributed by atoms with E-state index in [1.165, 1.54) is 0 Å². The van der Waals surface area contributed by atoms with E-state index in [-0.39, 0.29) is 12.5 Å². The van der Waals surface area contributed by atoms with Crippen LogP contribution in [-0.4, -0.2) is 35.9 Å². The van der Waals surface area contributed by atoms with E-state index in [0.717, 1.165) is 12.8 Å². The maximum atomic E-state index is 10.3. The summed E-state index contributed by atoms with van der Waals surface area (Å²) in [6.45, 7) is 4.59. The molecular weight excluding hydrogens is 182 g/mol. The zero-order valence-electron chi connectivity index (χ0n) is 8.82. The molecule has 0 amide bonds. The summed E-state index contributed by atoms with van der Waals surface area (Å²) in [5.41, 5.74) is 0. The van der Waals surface area contributed by atoms with Gasteiger partial charge in [-0.1, -0.05) is 0 Å². The normalized spacial score (nSPS) is 32.9. The Labute approximate surface area is 84.6 Å². The van der Waals surface area contributed by atoms with Crippen LogP contribution in [0.5, 0.6) is 0 Å². The van der Waals surface area contributed by atoms with Crippen molar-refractivity contribution >= 4 is 5.97 Å². The van der Waals surface area contributed by atoms with Gasteiger partial charge in [-0.2, -0.15) is 0 Å². The number of hydrogen-bond acceptors (Lipinski definition) is 3. The van der Waals surface area contributed by atoms with Crippen LogP contribution in [0.4, 0.5) is 0 Å². The first-order valence-corrected chi connectivity index (χ1v) is 5.17. The lowest BCUT2D eigenvalue weighted by molar-refractivity contribution is -0.138. The fourth-order valence-electron chi connectivity index (χ4n) is 1.96. The number of carboxylic acid groups (broad SMARTS) is 1. The molecule has 2 unspecified atom stereocenters. The molecule has 1 aliphatic rings. The minimum Gasteiger partial charge on any atom is -0.481 e. The monoisotopic (exact) mass is 201 g/mol. The van der Waals surface area contributed by atoms with E-state index in [9.17, 15) is 4.79 Å². The van der Waals surface area contributed by atoms with Crippen LogP contribution in [0.25, 0.3) is 0 Å². The van der Waals surface area contributed by atoms with Crippen molar-refractivity contribution in [3.63, 3.8) is 0 Å². The molecular formula is C10H19NO3. The number of aliphatic carboxylic acids is 1. The van der Waals surface area contributed by atoms with Gasteiger partial charge in [0.2, 0.25) is 0 Å². The van der Waals surface area contributed by atoms with E-state index in [0.29, 0.717) is 18.7 Å². The summed E-state index contributed by atoms with van der Waals surface area (Å²) in [4.78, 5) is 10.3. The first-order chi connectivity index (χ1) is 6.58. The van der Waals surface area contributed by atoms with Crippen LogP contribution in [-0.2, 0) is 9.53 Å². The number of hydrogen-bond donors (Lipinski definition) is 2. The Morgan fingerprint density at radius 1 is 1.43 bits per heavy atom. The van der Waals surface area contributed by atoms with Crippen molar-refractivity contribution in [3.05, 3.63) is 0 Å². The molecule has 0 radical (unpaired) electrons. The molecule has 0 aliphatic carbocycles. The number of carbonyl (C=O) groups is 1. The van der Waals surface area contributed by atoms with Gasteiger partial charge in [0, 0.05) is 12.1 Å². The highest BCUT2D eigenvalue weighted by atomic mass is 16.5. The fraction of sp³-hybridized carbons (Fsp3) is 0.900. The van der Waals surface area contributed by atoms with Gasteiger partial charge in [-0.25, -0.2) is 0 Å². The van der Waals surface area contributed by atoms with Crippen LogP contribution in [0.1, 0.15) is 33.1 Å². The Morgan fingerprint density at radius 2 is 2.00 bits per heavy atom. The van der Waals surface area contributed by atoms with Crippen molar-refractivity contribution in [1.29, 1.82) is 0 Å². The molecule has 2 N–H and O–H groups in total. The van der Waals surface area contributed by atoms with Crippen LogP contribution >= 0.6 is 0 Å². The smallest absolute Gasteiger partial charge is 0.305 e. The largest absolute Gasteiger partial charge is 0.481 e. The van der Waals surface area contributed by atoms with Gasteiger partial charge >= 0.3 is 5.97 Å². The predicted molar refractivity (Wildman–Crippen MR) is 53.3 cm³/mol. The van der Waals surface area contributed by atoms with E-state index in [2.05, 4.69) is 19.2 Å². The number of rotatable bonds is 4. The average molecular weight is 201 g/mol. The SMILES string of the molecule is CC1CC(OCCC(=O)O)CC(C)N1. The molecule has 4 heteroatoms. The fourth-order valence-corrected chi connectivity index (χ4v) is 1.96. The molecule has 82 valence electrons. The molecule has 0 aromatic heterocycles. The average Bonchev–Trinajstić information content (AvgIpc) is 2.01. The van der Waals surface area contributed by atoms with Crippen molar-refractivity contribution in [2.24, 2.45) is 0 Å². The van der Waals surface area contributed by atoms with Crippen LogP contribution in [0.3, 0.4) is 0 Å². The summed E-state index contributed by atoms with van der Waals surface area (Å²) < 4.78 is 5.51. The maximum absolute atomic E-state index is 10.3. The summed E-state index contributed by atoms with van der Waals surface area (Å²) >= 11 is 0. The lowest BCUT2D eigenvalue weighted by Crippen LogP contribution is -2.45. The van der Waals surface area contributed by atoms with Gasteiger partial charge < -0.3 is 15.2 Å². The minimum atomic E-state index is -0.792. The molecule has 0 spiro atoms. The molecule has 0 aromatic carbocycles. The van der Waals surface area contributed by atoms with Crippen molar-refractivity contribution in [2.45, 2.75) is 51.3 Å². The molecule has 1 rings (SSSR count). The third-order valence-electron chi connectivity index (χ3n) is 2.47. The highest BCUT2D eigenvalue weighted by molar-refractivity contribution is 5.66. The second kappa shape index (κ2) is 5.32. The van der Waals surface area contributed by atoms with Crippen molar-refractivity contribution in [3.8, 4) is 0 Å². The van der Waals surface area contributed by atoms with Gasteiger partial charge in [-0.3, -0.25) is 4.79 Å². The Kier molecular flexibility index (Phi) is 4.35. The third-order valence-corrected chi connectivity index (χ3v) is 2.47. The zero-order chi connectivity index (χ0) is 10.6. The standard InChI is InChI=1S/C10H19NO3/c1-7-5-9(6-8(2)11-7)14-4-3-10(12)13/h7-9,11H,3-6H2,1-2H3,(H,12,13). The number of carboxylic acids is 1. The van der Waals surface area contributed by atoms with Gasteiger partial charge in [-0.15, -0.1) is 0 Å². The van der Waals surface area contributed by atoms with Gasteiger partial charge in [0.05, 0.1) is 19.1 Å². The number of piperidine rings is 1. The van der Waals surface area contributed by atoms with Gasteiger partial charge in [0.1, 0.15) is 0 Å². The number of ether oxygens (including phenoxy) is 1. The molecule has 0 aromatic rings. The molecule has 1 aliphatic heterocycles. The number of nitrogens with one attached hydrogen (secondary N) is 1. The molecule has 0 bridgehead atoms. The van der Waals surface area contributed by atoms with Crippen molar-refractivity contribution in [1.82, 2.24) is 5.32 Å². The molecule has 1 heterocycles. The first-order valence-electron chi connectivity index (χ1n) is 5.17. The van der Waals surface area contributed by atoms with E-state index in [1.54, 1.807) is 0 Å². The Hall–Kier alpha value is -0.610. The summed E-state index contributed by atoms with van der Waals surface area (Å²) in [5, 5.41) is 11.9. The molecule has 1 saturated heterocycles. The second-order valence-electron chi connectivity index (χ2n) is 4.08. The van der Waals surface area contributed by atoms with Crippen LogP contribution in [0.2, 0.25) is 0 Å². The van der Waals surface area contributed by atoms with Crippen LogP contribution in [0, 0.1) is 0 Å². The van der Waals surface area contributed by atoms with Gasteiger partial charge in [-0.05, 0) is 26.7 Å². The van der Waals surface area contributed by atoms with Crippen LogP contribution < -0.4 is 5.32 Å². The lowest BCUT2D eigenvalue weighted by Gasteiger charge is -2.32. The Balaban J connectivity index is 2.20. The van der Waals surface area contributed by atoms with Crippen molar-refractivity contribution in [2.75, 3.05) is 6.61 Å². The minimum absolute atomic E-state index is 0.104. The molecule has 1 fully saturated rings. The second-order valence-corrected chi connectivity index (χ2v) is 4.08.